The van der Waals surface area contributed by atoms with Crippen LogP contribution < -0.4 is 4.90 Å². The van der Waals surface area contributed by atoms with Gasteiger partial charge in [-0.05, 0) is 68.1 Å². The molecule has 1 saturated heterocycles. The molecule has 1 amide bonds. The summed E-state index contributed by atoms with van der Waals surface area (Å²) >= 11 is 0. The van der Waals surface area contributed by atoms with E-state index in [9.17, 15) is 14.7 Å². The number of anilines is 1. The number of carbonyl (C=O) groups is 2. The molecule has 31 heavy (non-hydrogen) atoms. The monoisotopic (exact) mass is 411 g/mol. The van der Waals surface area contributed by atoms with E-state index in [-0.39, 0.29) is 11.3 Å². The molecule has 3 aromatic rings. The molecule has 3 aromatic carbocycles. The lowest BCUT2D eigenvalue weighted by molar-refractivity contribution is -0.132. The minimum atomic E-state index is -0.705. The molecule has 156 valence electrons. The number of hydrogen-bond acceptors (Lipinski definition) is 3. The van der Waals surface area contributed by atoms with E-state index in [2.05, 4.69) is 0 Å². The van der Waals surface area contributed by atoms with Gasteiger partial charge >= 0.3 is 0 Å². The number of rotatable bonds is 3. The molecule has 4 rings (SSSR count). The van der Waals surface area contributed by atoms with E-state index in [4.69, 9.17) is 0 Å². The van der Waals surface area contributed by atoms with E-state index in [0.717, 1.165) is 27.8 Å². The van der Waals surface area contributed by atoms with Gasteiger partial charge in [-0.1, -0.05) is 54.1 Å². The summed E-state index contributed by atoms with van der Waals surface area (Å²) in [5, 5.41) is 11.2. The highest BCUT2D eigenvalue weighted by atomic mass is 16.3. The molecular formula is C27H25NO3. The zero-order chi connectivity index (χ0) is 22.3. The van der Waals surface area contributed by atoms with E-state index >= 15 is 0 Å². The molecular weight excluding hydrogens is 386 g/mol. The average molecular weight is 412 g/mol. The van der Waals surface area contributed by atoms with Crippen molar-refractivity contribution in [2.75, 3.05) is 4.90 Å². The fourth-order valence-electron chi connectivity index (χ4n) is 4.08. The van der Waals surface area contributed by atoms with Gasteiger partial charge in [0.15, 0.2) is 0 Å². The summed E-state index contributed by atoms with van der Waals surface area (Å²) in [6.07, 6.45) is 0. The summed E-state index contributed by atoms with van der Waals surface area (Å²) in [5.74, 6) is -1.46. The number of nitrogens with zero attached hydrogens (tertiary/aromatic N) is 1. The number of hydrogen-bond donors (Lipinski definition) is 1. The lowest BCUT2D eigenvalue weighted by atomic mass is 9.93. The maximum Gasteiger partial charge on any atom is 0.300 e. The van der Waals surface area contributed by atoms with Crippen LogP contribution in [0, 0.1) is 27.7 Å². The summed E-state index contributed by atoms with van der Waals surface area (Å²) in [6.45, 7) is 7.85. The van der Waals surface area contributed by atoms with Crippen LogP contribution in [0.5, 0.6) is 0 Å². The van der Waals surface area contributed by atoms with Crippen LogP contribution in [0.2, 0.25) is 0 Å². The lowest BCUT2D eigenvalue weighted by Crippen LogP contribution is -2.29. The number of ketones is 1. The molecule has 1 aliphatic heterocycles. The molecule has 0 radical (unpaired) electrons. The van der Waals surface area contributed by atoms with Crippen molar-refractivity contribution >= 4 is 23.1 Å². The van der Waals surface area contributed by atoms with Gasteiger partial charge in [0.05, 0.1) is 11.6 Å². The van der Waals surface area contributed by atoms with E-state index in [1.807, 2.05) is 88.4 Å². The predicted octanol–water partition coefficient (Wildman–Crippen LogP) is 5.55. The normalized spacial score (nSPS) is 17.9. The van der Waals surface area contributed by atoms with Crippen LogP contribution in [-0.4, -0.2) is 16.8 Å². The van der Waals surface area contributed by atoms with Crippen molar-refractivity contribution in [2.24, 2.45) is 0 Å². The summed E-state index contributed by atoms with van der Waals surface area (Å²) in [4.78, 5) is 27.9. The Balaban J connectivity index is 1.97. The predicted molar refractivity (Wildman–Crippen MR) is 123 cm³/mol. The highest BCUT2D eigenvalue weighted by Gasteiger charge is 2.47. The summed E-state index contributed by atoms with van der Waals surface area (Å²) in [6, 6.07) is 20.0. The first-order chi connectivity index (χ1) is 14.8. The Kier molecular flexibility index (Phi) is 5.24. The zero-order valence-corrected chi connectivity index (χ0v) is 18.1. The number of aliphatic hydroxyl groups is 1. The highest BCUT2D eigenvalue weighted by molar-refractivity contribution is 6.51. The molecule has 0 aliphatic carbocycles. The quantitative estimate of drug-likeness (QED) is 0.349. The van der Waals surface area contributed by atoms with Gasteiger partial charge in [0.25, 0.3) is 11.7 Å². The molecule has 1 fully saturated rings. The molecule has 1 heterocycles. The van der Waals surface area contributed by atoms with Crippen molar-refractivity contribution in [2.45, 2.75) is 33.7 Å². The largest absolute Gasteiger partial charge is 0.507 e. The van der Waals surface area contributed by atoms with Crippen LogP contribution in [0.4, 0.5) is 5.69 Å². The van der Waals surface area contributed by atoms with Crippen molar-refractivity contribution in [1.29, 1.82) is 0 Å². The lowest BCUT2D eigenvalue weighted by Gasteiger charge is -2.26. The Morgan fingerprint density at radius 1 is 0.806 bits per heavy atom. The number of aliphatic hydroxyl groups excluding tert-OH is 1. The highest BCUT2D eigenvalue weighted by Crippen LogP contribution is 2.42. The SMILES string of the molecule is Cc1cccc(C2/C(=C(/O)c3ccc(C)c(C)c3)C(=O)C(=O)N2c2cccc(C)c2)c1. The molecule has 0 aromatic heterocycles. The third kappa shape index (κ3) is 3.66. The van der Waals surface area contributed by atoms with Crippen LogP contribution in [0.15, 0.2) is 72.3 Å². The molecule has 1 aliphatic rings. The van der Waals surface area contributed by atoms with Crippen LogP contribution in [-0.2, 0) is 9.59 Å². The Morgan fingerprint density at radius 3 is 2.13 bits per heavy atom. The second kappa shape index (κ2) is 7.88. The maximum atomic E-state index is 13.2. The van der Waals surface area contributed by atoms with Gasteiger partial charge in [0.1, 0.15) is 5.76 Å². The third-order valence-corrected chi connectivity index (χ3v) is 5.86. The van der Waals surface area contributed by atoms with Crippen LogP contribution in [0.3, 0.4) is 0 Å². The second-order valence-corrected chi connectivity index (χ2v) is 8.22. The number of Topliss-reactive ketones (excluding diaryl/α,β-unsaturated/α-hetero) is 1. The standard InChI is InChI=1S/C27H25NO3/c1-16-7-5-9-20(13-16)24-23(25(29)21-12-11-18(3)19(4)15-21)26(30)27(31)28(24)22-10-6-8-17(2)14-22/h5-15,24,29H,1-4H3/b25-23-. The van der Waals surface area contributed by atoms with Crippen molar-refractivity contribution < 1.29 is 14.7 Å². The Morgan fingerprint density at radius 2 is 1.48 bits per heavy atom. The van der Waals surface area contributed by atoms with Crippen LogP contribution in [0.1, 0.15) is 39.4 Å². The van der Waals surface area contributed by atoms with Gasteiger partial charge in [-0.25, -0.2) is 0 Å². The number of carbonyl (C=O) groups excluding carboxylic acids is 2. The number of aryl methyl sites for hydroxylation is 4. The fourth-order valence-corrected chi connectivity index (χ4v) is 4.08. The number of benzene rings is 3. The maximum absolute atomic E-state index is 13.2. The van der Waals surface area contributed by atoms with Crippen LogP contribution >= 0.6 is 0 Å². The molecule has 0 bridgehead atoms. The first-order valence-corrected chi connectivity index (χ1v) is 10.3. The molecule has 0 saturated carbocycles. The van der Waals surface area contributed by atoms with Crippen molar-refractivity contribution in [3.63, 3.8) is 0 Å². The van der Waals surface area contributed by atoms with Gasteiger partial charge in [-0.3, -0.25) is 14.5 Å². The van der Waals surface area contributed by atoms with E-state index in [1.54, 1.807) is 6.07 Å². The number of amides is 1. The van der Waals surface area contributed by atoms with Crippen molar-refractivity contribution in [3.05, 3.63) is 106 Å². The minimum Gasteiger partial charge on any atom is -0.507 e. The Hall–Kier alpha value is -3.66. The first-order valence-electron chi connectivity index (χ1n) is 10.3. The Bertz CT molecular complexity index is 1240. The average Bonchev–Trinajstić information content (AvgIpc) is 3.00. The van der Waals surface area contributed by atoms with Gasteiger partial charge in [-0.15, -0.1) is 0 Å². The summed E-state index contributed by atoms with van der Waals surface area (Å²) in [7, 11) is 0. The molecule has 4 heteroatoms. The molecule has 1 unspecified atom stereocenters. The third-order valence-electron chi connectivity index (χ3n) is 5.86. The molecule has 4 nitrogen and oxygen atoms in total. The fraction of sp³-hybridized carbons (Fsp3) is 0.185. The second-order valence-electron chi connectivity index (χ2n) is 8.22. The van der Waals surface area contributed by atoms with E-state index in [0.29, 0.717) is 11.3 Å². The minimum absolute atomic E-state index is 0.111. The zero-order valence-electron chi connectivity index (χ0n) is 18.1. The van der Waals surface area contributed by atoms with E-state index in [1.165, 1.54) is 4.90 Å². The van der Waals surface area contributed by atoms with Gasteiger partial charge in [0, 0.05) is 11.3 Å². The van der Waals surface area contributed by atoms with Gasteiger partial charge < -0.3 is 5.11 Å². The first kappa shape index (κ1) is 20.6. The van der Waals surface area contributed by atoms with Crippen molar-refractivity contribution in [1.82, 2.24) is 0 Å². The van der Waals surface area contributed by atoms with Gasteiger partial charge in [-0.2, -0.15) is 0 Å². The Labute approximate surface area is 182 Å². The molecule has 1 N–H and O–H groups in total. The van der Waals surface area contributed by atoms with E-state index < -0.39 is 17.7 Å². The molecule has 1 atom stereocenters. The summed E-state index contributed by atoms with van der Waals surface area (Å²) < 4.78 is 0. The topological polar surface area (TPSA) is 57.6 Å². The molecule has 0 spiro atoms. The smallest absolute Gasteiger partial charge is 0.300 e. The summed E-state index contributed by atoms with van der Waals surface area (Å²) in [5.41, 5.74) is 6.15. The van der Waals surface area contributed by atoms with Gasteiger partial charge in [0.2, 0.25) is 0 Å². The van der Waals surface area contributed by atoms with Crippen molar-refractivity contribution in [3.8, 4) is 0 Å². The van der Waals surface area contributed by atoms with Crippen LogP contribution in [0.25, 0.3) is 5.76 Å².